The van der Waals surface area contributed by atoms with Gasteiger partial charge in [-0.05, 0) is 0 Å². The standard InChI is InChI=1S/C6H9BO4/c7-5-3-4(9)6(1-8,11-5)2-10-3/h3-5,8-9H,1-2H2/t3-,4+,5?,6?/m0/s1. The van der Waals surface area contributed by atoms with Gasteiger partial charge in [-0.15, -0.1) is 0 Å². The molecule has 4 nitrogen and oxygen atoms in total. The lowest BCUT2D eigenvalue weighted by Gasteiger charge is -2.27. The molecule has 2 N–H and O–H groups in total. The molecule has 2 aliphatic heterocycles. The first-order valence-corrected chi connectivity index (χ1v) is 3.53. The summed E-state index contributed by atoms with van der Waals surface area (Å²) in [4.78, 5) is 0. The summed E-state index contributed by atoms with van der Waals surface area (Å²) in [7, 11) is 5.45. The van der Waals surface area contributed by atoms with Crippen molar-refractivity contribution in [1.82, 2.24) is 0 Å². The van der Waals surface area contributed by atoms with Crippen molar-refractivity contribution in [2.45, 2.75) is 23.8 Å². The van der Waals surface area contributed by atoms with E-state index in [-0.39, 0.29) is 13.2 Å². The van der Waals surface area contributed by atoms with E-state index in [4.69, 9.17) is 22.4 Å². The van der Waals surface area contributed by atoms with Gasteiger partial charge in [-0.3, -0.25) is 0 Å². The summed E-state index contributed by atoms with van der Waals surface area (Å²) < 4.78 is 10.3. The fourth-order valence-electron chi connectivity index (χ4n) is 1.61. The van der Waals surface area contributed by atoms with Crippen LogP contribution in [0.1, 0.15) is 0 Å². The summed E-state index contributed by atoms with van der Waals surface area (Å²) in [6.45, 7) is -0.0264. The number of rotatable bonds is 1. The second kappa shape index (κ2) is 2.20. The highest BCUT2D eigenvalue weighted by Gasteiger charge is 2.58. The Labute approximate surface area is 65.5 Å². The van der Waals surface area contributed by atoms with Crippen molar-refractivity contribution in [3.05, 3.63) is 0 Å². The smallest absolute Gasteiger partial charge is 0.142 e. The lowest BCUT2D eigenvalue weighted by Crippen LogP contribution is -2.44. The van der Waals surface area contributed by atoms with Crippen LogP contribution in [0.15, 0.2) is 0 Å². The third kappa shape index (κ3) is 0.795. The predicted octanol–water partition coefficient (Wildman–Crippen LogP) is -2.00. The van der Waals surface area contributed by atoms with E-state index < -0.39 is 23.8 Å². The van der Waals surface area contributed by atoms with E-state index in [1.807, 2.05) is 0 Å². The average molecular weight is 156 g/mol. The Morgan fingerprint density at radius 1 is 1.64 bits per heavy atom. The van der Waals surface area contributed by atoms with Crippen molar-refractivity contribution >= 4 is 7.85 Å². The van der Waals surface area contributed by atoms with Gasteiger partial charge in [-0.2, -0.15) is 0 Å². The molecular formula is C6H9BO4. The van der Waals surface area contributed by atoms with Gasteiger partial charge < -0.3 is 19.7 Å². The monoisotopic (exact) mass is 156 g/mol. The second-order valence-corrected chi connectivity index (χ2v) is 3.03. The summed E-state index contributed by atoms with van der Waals surface area (Å²) >= 11 is 0. The molecule has 60 valence electrons. The molecule has 2 fully saturated rings. The average Bonchev–Trinajstić information content (AvgIpc) is 2.42. The van der Waals surface area contributed by atoms with E-state index in [0.717, 1.165) is 0 Å². The molecule has 2 radical (unpaired) electrons. The maximum atomic E-state index is 9.46. The van der Waals surface area contributed by atoms with Gasteiger partial charge in [0.25, 0.3) is 0 Å². The first-order valence-electron chi connectivity index (χ1n) is 3.53. The molecule has 0 spiro atoms. The Bertz CT molecular complexity index is 176. The van der Waals surface area contributed by atoms with Crippen LogP contribution in [0, 0.1) is 0 Å². The van der Waals surface area contributed by atoms with Gasteiger partial charge in [0.05, 0.1) is 13.2 Å². The highest BCUT2D eigenvalue weighted by molar-refractivity contribution is 6.11. The molecular weight excluding hydrogens is 147 g/mol. The molecule has 0 aromatic carbocycles. The number of ether oxygens (including phenoxy) is 2. The zero-order chi connectivity index (χ0) is 8.06. The molecule has 0 aromatic rings. The molecule has 0 aliphatic carbocycles. The van der Waals surface area contributed by atoms with E-state index >= 15 is 0 Å². The molecule has 11 heavy (non-hydrogen) atoms. The first-order chi connectivity index (χ1) is 5.19. The second-order valence-electron chi connectivity index (χ2n) is 3.03. The largest absolute Gasteiger partial charge is 0.393 e. The van der Waals surface area contributed by atoms with E-state index in [0.29, 0.717) is 0 Å². The number of aliphatic hydroxyl groups excluding tert-OH is 2. The predicted molar refractivity (Wildman–Crippen MR) is 36.2 cm³/mol. The molecule has 0 amide bonds. The van der Waals surface area contributed by atoms with Gasteiger partial charge in [0, 0.05) is 6.00 Å². The first kappa shape index (κ1) is 7.55. The third-order valence-corrected chi connectivity index (χ3v) is 2.33. The van der Waals surface area contributed by atoms with Gasteiger partial charge in [0.1, 0.15) is 25.7 Å². The molecule has 2 saturated heterocycles. The zero-order valence-electron chi connectivity index (χ0n) is 5.93. The van der Waals surface area contributed by atoms with Crippen molar-refractivity contribution in [3.8, 4) is 0 Å². The normalized spacial score (nSPS) is 55.3. The molecule has 2 aliphatic rings. The fourth-order valence-corrected chi connectivity index (χ4v) is 1.61. The highest BCUT2D eigenvalue weighted by Crippen LogP contribution is 2.38. The van der Waals surface area contributed by atoms with Crippen molar-refractivity contribution in [3.63, 3.8) is 0 Å². The number of aliphatic hydroxyl groups is 2. The number of fused-ring (bicyclic) bond motifs is 2. The van der Waals surface area contributed by atoms with Crippen LogP contribution in [0.4, 0.5) is 0 Å². The Hall–Kier alpha value is -0.0951. The fraction of sp³-hybridized carbons (Fsp3) is 1.00. The Morgan fingerprint density at radius 2 is 2.36 bits per heavy atom. The molecule has 0 saturated carbocycles. The van der Waals surface area contributed by atoms with Crippen LogP contribution in [0.5, 0.6) is 0 Å². The molecule has 5 heteroatoms. The van der Waals surface area contributed by atoms with Crippen LogP contribution in [-0.4, -0.2) is 55.1 Å². The minimum absolute atomic E-state index is 0.225. The van der Waals surface area contributed by atoms with Gasteiger partial charge in [-0.1, -0.05) is 0 Å². The maximum Gasteiger partial charge on any atom is 0.142 e. The highest BCUT2D eigenvalue weighted by atomic mass is 16.6. The summed E-state index contributed by atoms with van der Waals surface area (Å²) in [5.74, 6) is 0. The molecule has 2 heterocycles. The Balaban J connectivity index is 2.24. The quantitative estimate of drug-likeness (QED) is 0.431. The van der Waals surface area contributed by atoms with E-state index in [9.17, 15) is 5.11 Å². The summed E-state index contributed by atoms with van der Waals surface area (Å²) in [5, 5.41) is 18.4. The third-order valence-electron chi connectivity index (χ3n) is 2.33. The van der Waals surface area contributed by atoms with Crippen molar-refractivity contribution in [2.24, 2.45) is 0 Å². The summed E-state index contributed by atoms with van der Waals surface area (Å²) in [5.41, 5.74) is -0.954. The SMILES string of the molecule is [B]C1OC2(CO)CO[C@H]1[C@H]2O. The van der Waals surface area contributed by atoms with Crippen molar-refractivity contribution in [1.29, 1.82) is 0 Å². The molecule has 2 rings (SSSR count). The molecule has 0 aromatic heterocycles. The molecule has 2 bridgehead atoms. The van der Waals surface area contributed by atoms with Gasteiger partial charge in [0.2, 0.25) is 0 Å². The van der Waals surface area contributed by atoms with Crippen LogP contribution in [0.25, 0.3) is 0 Å². The number of hydrogen-bond donors (Lipinski definition) is 2. The summed E-state index contributed by atoms with van der Waals surface area (Å²) in [6.07, 6.45) is -1.26. The van der Waals surface area contributed by atoms with E-state index in [1.54, 1.807) is 0 Å². The maximum absolute atomic E-state index is 9.46. The van der Waals surface area contributed by atoms with Crippen molar-refractivity contribution < 1.29 is 19.7 Å². The van der Waals surface area contributed by atoms with Gasteiger partial charge in [0.15, 0.2) is 0 Å². The van der Waals surface area contributed by atoms with Crippen molar-refractivity contribution in [2.75, 3.05) is 13.2 Å². The van der Waals surface area contributed by atoms with Gasteiger partial charge in [-0.25, -0.2) is 0 Å². The molecule has 4 atom stereocenters. The van der Waals surface area contributed by atoms with Gasteiger partial charge >= 0.3 is 0 Å². The Morgan fingerprint density at radius 3 is 2.64 bits per heavy atom. The van der Waals surface area contributed by atoms with Crippen LogP contribution in [0.3, 0.4) is 0 Å². The van der Waals surface area contributed by atoms with Crippen LogP contribution < -0.4 is 0 Å². The van der Waals surface area contributed by atoms with E-state index in [2.05, 4.69) is 0 Å². The lowest BCUT2D eigenvalue weighted by atomic mass is 9.92. The lowest BCUT2D eigenvalue weighted by molar-refractivity contribution is -0.136. The van der Waals surface area contributed by atoms with E-state index in [1.165, 1.54) is 0 Å². The minimum atomic E-state index is -0.954. The van der Waals surface area contributed by atoms with Crippen LogP contribution in [0.2, 0.25) is 0 Å². The molecule has 2 unspecified atom stereocenters. The number of hydrogen-bond acceptors (Lipinski definition) is 4. The van der Waals surface area contributed by atoms with Crippen LogP contribution >= 0.6 is 0 Å². The Kier molecular flexibility index (Phi) is 1.51. The minimum Gasteiger partial charge on any atom is -0.393 e. The topological polar surface area (TPSA) is 58.9 Å². The summed E-state index contributed by atoms with van der Waals surface area (Å²) in [6, 6.07) is -0.606. The zero-order valence-corrected chi connectivity index (χ0v) is 5.93. The van der Waals surface area contributed by atoms with Crippen LogP contribution in [-0.2, 0) is 9.47 Å².